The molecule has 16 heavy (non-hydrogen) atoms. The van der Waals surface area contributed by atoms with Crippen molar-refractivity contribution in [1.29, 1.82) is 0 Å². The lowest BCUT2D eigenvalue weighted by molar-refractivity contribution is 0.102. The van der Waals surface area contributed by atoms with Crippen LogP contribution in [-0.2, 0) is 0 Å². The lowest BCUT2D eigenvalue weighted by Crippen LogP contribution is -2.52. The minimum absolute atomic E-state index is 0.00763. The fourth-order valence-corrected chi connectivity index (χ4v) is 2.29. The monoisotopic (exact) mass is 228 g/mol. The Hall–Kier alpha value is -0.120. The van der Waals surface area contributed by atoms with Gasteiger partial charge in [0.15, 0.2) is 0 Å². The van der Waals surface area contributed by atoms with Crippen molar-refractivity contribution in [3.63, 3.8) is 0 Å². The van der Waals surface area contributed by atoms with Crippen LogP contribution in [0.4, 0.5) is 0 Å². The SMILES string of the molecule is CC1CN(C)C(C)CC1NCC(C)(C)CO. The predicted octanol–water partition coefficient (Wildman–Crippen LogP) is 1.32. The van der Waals surface area contributed by atoms with Gasteiger partial charge in [-0.1, -0.05) is 20.8 Å². The van der Waals surface area contributed by atoms with E-state index in [1.807, 2.05) is 0 Å². The van der Waals surface area contributed by atoms with Crippen molar-refractivity contribution in [2.75, 3.05) is 26.7 Å². The van der Waals surface area contributed by atoms with Gasteiger partial charge in [-0.3, -0.25) is 0 Å². The summed E-state index contributed by atoms with van der Waals surface area (Å²) < 4.78 is 0. The standard InChI is InChI=1S/C13H28N2O/c1-10-7-15(5)11(2)6-12(10)14-8-13(3,4)9-16/h10-12,14,16H,6-9H2,1-5H3. The first-order valence-electron chi connectivity index (χ1n) is 6.40. The van der Waals surface area contributed by atoms with Gasteiger partial charge in [0, 0.05) is 37.2 Å². The van der Waals surface area contributed by atoms with Crippen LogP contribution in [0.2, 0.25) is 0 Å². The van der Waals surface area contributed by atoms with Crippen molar-refractivity contribution >= 4 is 0 Å². The zero-order chi connectivity index (χ0) is 12.3. The lowest BCUT2D eigenvalue weighted by atomic mass is 9.88. The zero-order valence-corrected chi connectivity index (χ0v) is 11.5. The van der Waals surface area contributed by atoms with Crippen LogP contribution < -0.4 is 5.32 Å². The summed E-state index contributed by atoms with van der Waals surface area (Å²) in [4.78, 5) is 2.43. The average Bonchev–Trinajstić information content (AvgIpc) is 2.22. The summed E-state index contributed by atoms with van der Waals surface area (Å²) in [6.45, 7) is 11.1. The molecule has 0 aliphatic carbocycles. The molecule has 0 spiro atoms. The Balaban J connectivity index is 2.42. The highest BCUT2D eigenvalue weighted by Crippen LogP contribution is 2.22. The molecule has 2 N–H and O–H groups in total. The average molecular weight is 228 g/mol. The molecular weight excluding hydrogens is 200 g/mol. The largest absolute Gasteiger partial charge is 0.396 e. The van der Waals surface area contributed by atoms with Gasteiger partial charge < -0.3 is 15.3 Å². The highest BCUT2D eigenvalue weighted by atomic mass is 16.3. The number of rotatable bonds is 4. The number of piperidine rings is 1. The number of aliphatic hydroxyl groups excluding tert-OH is 1. The smallest absolute Gasteiger partial charge is 0.0494 e. The summed E-state index contributed by atoms with van der Waals surface area (Å²) in [5.74, 6) is 0.690. The number of nitrogens with zero attached hydrogens (tertiary/aromatic N) is 1. The minimum atomic E-state index is -0.00763. The van der Waals surface area contributed by atoms with Crippen molar-refractivity contribution in [3.05, 3.63) is 0 Å². The van der Waals surface area contributed by atoms with E-state index in [2.05, 4.69) is 45.0 Å². The Bertz CT molecular complexity index is 218. The molecule has 0 bridgehead atoms. The first-order valence-corrected chi connectivity index (χ1v) is 6.40. The Labute approximate surface area is 100 Å². The quantitative estimate of drug-likeness (QED) is 0.762. The molecule has 96 valence electrons. The molecule has 0 radical (unpaired) electrons. The van der Waals surface area contributed by atoms with Crippen molar-refractivity contribution in [1.82, 2.24) is 10.2 Å². The van der Waals surface area contributed by atoms with Crippen LogP contribution in [0.1, 0.15) is 34.1 Å². The molecule has 3 nitrogen and oxygen atoms in total. The van der Waals surface area contributed by atoms with Crippen LogP contribution in [0.5, 0.6) is 0 Å². The zero-order valence-electron chi connectivity index (χ0n) is 11.5. The van der Waals surface area contributed by atoms with Crippen molar-refractivity contribution in [3.8, 4) is 0 Å². The van der Waals surface area contributed by atoms with Crippen LogP contribution in [-0.4, -0.2) is 48.8 Å². The number of hydrogen-bond donors (Lipinski definition) is 2. The summed E-state index contributed by atoms with van der Waals surface area (Å²) >= 11 is 0. The Morgan fingerprint density at radius 2 is 2.00 bits per heavy atom. The summed E-state index contributed by atoms with van der Waals surface area (Å²) in [5, 5.41) is 12.9. The number of nitrogens with one attached hydrogen (secondary N) is 1. The summed E-state index contributed by atoms with van der Waals surface area (Å²) in [6.07, 6.45) is 1.21. The Morgan fingerprint density at radius 3 is 2.56 bits per heavy atom. The Morgan fingerprint density at radius 1 is 1.38 bits per heavy atom. The van der Waals surface area contributed by atoms with E-state index in [4.69, 9.17) is 0 Å². The van der Waals surface area contributed by atoms with Crippen molar-refractivity contribution < 1.29 is 5.11 Å². The maximum atomic E-state index is 9.24. The van der Waals surface area contributed by atoms with Gasteiger partial charge in [0.25, 0.3) is 0 Å². The second-order valence-corrected chi connectivity index (χ2v) is 6.31. The molecule has 3 heteroatoms. The molecule has 1 heterocycles. The molecule has 3 atom stereocenters. The molecule has 0 saturated carbocycles. The van der Waals surface area contributed by atoms with E-state index < -0.39 is 0 Å². The molecule has 1 aliphatic rings. The van der Waals surface area contributed by atoms with E-state index in [1.54, 1.807) is 0 Å². The third-order valence-electron chi connectivity index (χ3n) is 3.88. The van der Waals surface area contributed by atoms with E-state index in [-0.39, 0.29) is 12.0 Å². The van der Waals surface area contributed by atoms with E-state index in [1.165, 1.54) is 13.0 Å². The molecule has 0 amide bonds. The van der Waals surface area contributed by atoms with Crippen LogP contribution >= 0.6 is 0 Å². The van der Waals surface area contributed by atoms with E-state index in [0.717, 1.165) is 6.54 Å². The molecule has 3 unspecified atom stereocenters. The fraction of sp³-hybridized carbons (Fsp3) is 1.00. The summed E-state index contributed by atoms with van der Waals surface area (Å²) in [6, 6.07) is 1.25. The number of likely N-dealkylation sites (tertiary alicyclic amines) is 1. The molecule has 1 saturated heterocycles. The van der Waals surface area contributed by atoms with Crippen LogP contribution in [0.15, 0.2) is 0 Å². The molecule has 0 aromatic heterocycles. The van der Waals surface area contributed by atoms with E-state index >= 15 is 0 Å². The summed E-state index contributed by atoms with van der Waals surface area (Å²) in [7, 11) is 2.20. The van der Waals surface area contributed by atoms with Crippen molar-refractivity contribution in [2.45, 2.75) is 46.2 Å². The predicted molar refractivity (Wildman–Crippen MR) is 68.5 cm³/mol. The third kappa shape index (κ3) is 3.72. The molecule has 0 aromatic rings. The van der Waals surface area contributed by atoms with Crippen LogP contribution in [0, 0.1) is 11.3 Å². The van der Waals surface area contributed by atoms with Gasteiger partial charge in [0.1, 0.15) is 0 Å². The third-order valence-corrected chi connectivity index (χ3v) is 3.88. The normalized spacial score (nSPS) is 33.0. The molecule has 1 rings (SSSR count). The molecular formula is C13H28N2O. The maximum absolute atomic E-state index is 9.24. The van der Waals surface area contributed by atoms with Gasteiger partial charge in [-0.05, 0) is 26.3 Å². The van der Waals surface area contributed by atoms with Gasteiger partial charge in [-0.2, -0.15) is 0 Å². The van der Waals surface area contributed by atoms with Gasteiger partial charge in [0.05, 0.1) is 0 Å². The Kier molecular flexibility index (Phi) is 4.77. The van der Waals surface area contributed by atoms with Crippen molar-refractivity contribution in [2.24, 2.45) is 11.3 Å². The second kappa shape index (κ2) is 5.48. The highest BCUT2D eigenvalue weighted by molar-refractivity contribution is 4.87. The van der Waals surface area contributed by atoms with E-state index in [9.17, 15) is 5.11 Å². The molecule has 1 fully saturated rings. The van der Waals surface area contributed by atoms with Crippen LogP contribution in [0.25, 0.3) is 0 Å². The van der Waals surface area contributed by atoms with Gasteiger partial charge in [0.2, 0.25) is 0 Å². The van der Waals surface area contributed by atoms with Gasteiger partial charge in [-0.25, -0.2) is 0 Å². The summed E-state index contributed by atoms with van der Waals surface area (Å²) in [5.41, 5.74) is -0.00763. The van der Waals surface area contributed by atoms with Gasteiger partial charge in [-0.15, -0.1) is 0 Å². The minimum Gasteiger partial charge on any atom is -0.396 e. The fourth-order valence-electron chi connectivity index (χ4n) is 2.29. The maximum Gasteiger partial charge on any atom is 0.0494 e. The molecule has 1 aliphatic heterocycles. The second-order valence-electron chi connectivity index (χ2n) is 6.31. The number of hydrogen-bond acceptors (Lipinski definition) is 3. The highest BCUT2D eigenvalue weighted by Gasteiger charge is 2.29. The van der Waals surface area contributed by atoms with Gasteiger partial charge >= 0.3 is 0 Å². The first-order chi connectivity index (χ1) is 7.35. The molecule has 0 aromatic carbocycles. The van der Waals surface area contributed by atoms with Crippen LogP contribution in [0.3, 0.4) is 0 Å². The first kappa shape index (κ1) is 13.9. The van der Waals surface area contributed by atoms with E-state index in [0.29, 0.717) is 18.0 Å². The topological polar surface area (TPSA) is 35.5 Å². The lowest BCUT2D eigenvalue weighted by Gasteiger charge is -2.41. The number of aliphatic hydroxyl groups is 1.